The Labute approximate surface area is 107 Å². The highest BCUT2D eigenvalue weighted by atomic mass is 16.4. The Morgan fingerprint density at radius 1 is 0.889 bits per heavy atom. The second-order valence-electron chi connectivity index (χ2n) is 4.99. The number of aliphatic carboxylic acids is 1. The van der Waals surface area contributed by atoms with Crippen molar-refractivity contribution in [1.29, 1.82) is 0 Å². The molecule has 3 N–H and O–H groups in total. The molecule has 0 fully saturated rings. The normalized spacial score (nSPS) is 14.2. The van der Waals surface area contributed by atoms with Gasteiger partial charge in [-0.25, -0.2) is 4.79 Å². The molecular weight excluding hydrogens is 236 g/mol. The molecule has 0 heterocycles. The summed E-state index contributed by atoms with van der Waals surface area (Å²) < 4.78 is 0. The Bertz CT molecular complexity index is 326. The van der Waals surface area contributed by atoms with Gasteiger partial charge in [0.15, 0.2) is 0 Å². The van der Waals surface area contributed by atoms with Crippen LogP contribution in [0.3, 0.4) is 0 Å². The van der Waals surface area contributed by atoms with Crippen LogP contribution in [-0.2, 0) is 14.4 Å². The largest absolute Gasteiger partial charge is 0.480 e. The maximum absolute atomic E-state index is 12.0. The van der Waals surface area contributed by atoms with Gasteiger partial charge in [0.1, 0.15) is 12.1 Å². The van der Waals surface area contributed by atoms with Crippen LogP contribution in [0.1, 0.15) is 34.6 Å². The summed E-state index contributed by atoms with van der Waals surface area (Å²) in [6, 6.07) is -1.67. The average Bonchev–Trinajstić information content (AvgIpc) is 2.20. The highest BCUT2D eigenvalue weighted by molar-refractivity contribution is 5.90. The second-order valence-corrected chi connectivity index (χ2v) is 4.99. The van der Waals surface area contributed by atoms with Crippen LogP contribution in [0.15, 0.2) is 0 Å². The number of amides is 2. The molecule has 0 spiro atoms. The minimum atomic E-state index is -1.08. The molecule has 0 aliphatic rings. The van der Waals surface area contributed by atoms with Crippen LogP contribution in [0, 0.1) is 11.8 Å². The molecule has 0 aromatic rings. The Balaban J connectivity index is 4.77. The third-order valence-electron chi connectivity index (χ3n) is 2.54. The van der Waals surface area contributed by atoms with Crippen molar-refractivity contribution in [3.63, 3.8) is 0 Å². The summed E-state index contributed by atoms with van der Waals surface area (Å²) in [5.74, 6) is -2.21. The first-order valence-electron chi connectivity index (χ1n) is 5.97. The molecule has 2 amide bonds. The van der Waals surface area contributed by atoms with Gasteiger partial charge >= 0.3 is 5.97 Å². The lowest BCUT2D eigenvalue weighted by Gasteiger charge is -2.24. The van der Waals surface area contributed by atoms with Gasteiger partial charge in [0, 0.05) is 6.92 Å². The van der Waals surface area contributed by atoms with Crippen molar-refractivity contribution in [2.75, 3.05) is 0 Å². The summed E-state index contributed by atoms with van der Waals surface area (Å²) in [5, 5.41) is 14.0. The maximum Gasteiger partial charge on any atom is 0.326 e. The van der Waals surface area contributed by atoms with E-state index in [1.54, 1.807) is 27.7 Å². The van der Waals surface area contributed by atoms with Crippen LogP contribution < -0.4 is 10.6 Å². The van der Waals surface area contributed by atoms with Gasteiger partial charge in [-0.15, -0.1) is 0 Å². The number of carboxylic acids is 1. The van der Waals surface area contributed by atoms with Gasteiger partial charge in [0.2, 0.25) is 11.8 Å². The predicted molar refractivity (Wildman–Crippen MR) is 66.8 cm³/mol. The zero-order chi connectivity index (χ0) is 14.5. The maximum atomic E-state index is 12.0. The summed E-state index contributed by atoms with van der Waals surface area (Å²) in [6.07, 6.45) is 0. The van der Waals surface area contributed by atoms with Gasteiger partial charge in [-0.1, -0.05) is 27.7 Å². The van der Waals surface area contributed by atoms with Crippen LogP contribution in [0.2, 0.25) is 0 Å². The monoisotopic (exact) mass is 258 g/mol. The lowest BCUT2D eigenvalue weighted by Crippen LogP contribution is -2.54. The molecule has 0 saturated heterocycles. The second kappa shape index (κ2) is 6.98. The summed E-state index contributed by atoms with van der Waals surface area (Å²) in [4.78, 5) is 33.9. The summed E-state index contributed by atoms with van der Waals surface area (Å²) in [6.45, 7) is 8.31. The lowest BCUT2D eigenvalue weighted by atomic mass is 10.0. The van der Waals surface area contributed by atoms with Crippen LogP contribution in [0.5, 0.6) is 0 Å². The Hall–Kier alpha value is -1.59. The minimum absolute atomic E-state index is 0.115. The molecule has 0 aliphatic carbocycles. The number of carbonyl (C=O) groups excluding carboxylic acids is 2. The average molecular weight is 258 g/mol. The molecule has 2 atom stereocenters. The number of hydrogen-bond acceptors (Lipinski definition) is 3. The van der Waals surface area contributed by atoms with E-state index in [1.807, 2.05) is 0 Å². The van der Waals surface area contributed by atoms with E-state index in [9.17, 15) is 14.4 Å². The van der Waals surface area contributed by atoms with E-state index in [1.165, 1.54) is 6.92 Å². The number of hydrogen-bond donors (Lipinski definition) is 3. The molecule has 0 bridgehead atoms. The van der Waals surface area contributed by atoms with E-state index in [0.717, 1.165) is 0 Å². The van der Waals surface area contributed by atoms with E-state index in [-0.39, 0.29) is 17.7 Å². The summed E-state index contributed by atoms with van der Waals surface area (Å²) in [5.41, 5.74) is 0. The third-order valence-corrected chi connectivity index (χ3v) is 2.54. The molecule has 0 radical (unpaired) electrons. The highest BCUT2D eigenvalue weighted by Gasteiger charge is 2.29. The first-order valence-corrected chi connectivity index (χ1v) is 5.97. The van der Waals surface area contributed by atoms with Gasteiger partial charge in [-0.3, -0.25) is 9.59 Å². The molecule has 0 unspecified atom stereocenters. The SMILES string of the molecule is CC(=O)N[C@H](C(=O)N[C@H](C(=O)O)C(C)C)C(C)C. The molecule has 0 saturated carbocycles. The fraction of sp³-hybridized carbons (Fsp3) is 0.750. The van der Waals surface area contributed by atoms with E-state index in [2.05, 4.69) is 10.6 Å². The molecular formula is C12H22N2O4. The fourth-order valence-electron chi connectivity index (χ4n) is 1.51. The van der Waals surface area contributed by atoms with E-state index in [0.29, 0.717) is 0 Å². The molecule has 6 nitrogen and oxygen atoms in total. The van der Waals surface area contributed by atoms with Crippen LogP contribution >= 0.6 is 0 Å². The van der Waals surface area contributed by atoms with E-state index in [4.69, 9.17) is 5.11 Å². The molecule has 0 aromatic heterocycles. The van der Waals surface area contributed by atoms with Crippen molar-refractivity contribution in [3.8, 4) is 0 Å². The van der Waals surface area contributed by atoms with E-state index >= 15 is 0 Å². The smallest absolute Gasteiger partial charge is 0.326 e. The lowest BCUT2D eigenvalue weighted by molar-refractivity contribution is -0.143. The quantitative estimate of drug-likeness (QED) is 0.641. The molecule has 0 rings (SSSR count). The molecule has 18 heavy (non-hydrogen) atoms. The van der Waals surface area contributed by atoms with Gasteiger partial charge in [-0.05, 0) is 11.8 Å². The van der Waals surface area contributed by atoms with Gasteiger partial charge in [0.05, 0.1) is 0 Å². The standard InChI is InChI=1S/C12H22N2O4/c1-6(2)9(13-8(5)15)11(16)14-10(7(3)4)12(17)18/h6-7,9-10H,1-5H3,(H,13,15)(H,14,16)(H,17,18)/t9-,10-/m0/s1. The van der Waals surface area contributed by atoms with Crippen LogP contribution in [0.4, 0.5) is 0 Å². The number of carbonyl (C=O) groups is 3. The Kier molecular flexibility index (Phi) is 6.36. The number of carboxylic acid groups (broad SMARTS) is 1. The van der Waals surface area contributed by atoms with Gasteiger partial charge < -0.3 is 15.7 Å². The predicted octanol–water partition coefficient (Wildman–Crippen LogP) is 0.372. The molecule has 104 valence electrons. The van der Waals surface area contributed by atoms with E-state index < -0.39 is 24.0 Å². The van der Waals surface area contributed by atoms with Gasteiger partial charge in [0.25, 0.3) is 0 Å². The Morgan fingerprint density at radius 2 is 1.33 bits per heavy atom. The van der Waals surface area contributed by atoms with Crippen molar-refractivity contribution in [3.05, 3.63) is 0 Å². The van der Waals surface area contributed by atoms with Crippen LogP contribution in [0.25, 0.3) is 0 Å². The van der Waals surface area contributed by atoms with Crippen molar-refractivity contribution >= 4 is 17.8 Å². The van der Waals surface area contributed by atoms with Crippen molar-refractivity contribution < 1.29 is 19.5 Å². The number of nitrogens with one attached hydrogen (secondary N) is 2. The fourth-order valence-corrected chi connectivity index (χ4v) is 1.51. The molecule has 0 aromatic carbocycles. The zero-order valence-corrected chi connectivity index (χ0v) is 11.5. The minimum Gasteiger partial charge on any atom is -0.480 e. The van der Waals surface area contributed by atoms with Crippen LogP contribution in [-0.4, -0.2) is 35.0 Å². The van der Waals surface area contributed by atoms with Crippen molar-refractivity contribution in [2.24, 2.45) is 11.8 Å². The first kappa shape index (κ1) is 16.4. The molecule has 6 heteroatoms. The topological polar surface area (TPSA) is 95.5 Å². The molecule has 0 aliphatic heterocycles. The van der Waals surface area contributed by atoms with Crippen molar-refractivity contribution in [2.45, 2.75) is 46.7 Å². The number of rotatable bonds is 6. The third kappa shape index (κ3) is 5.16. The van der Waals surface area contributed by atoms with Crippen molar-refractivity contribution in [1.82, 2.24) is 10.6 Å². The Morgan fingerprint density at radius 3 is 1.61 bits per heavy atom. The summed E-state index contributed by atoms with van der Waals surface area (Å²) in [7, 11) is 0. The van der Waals surface area contributed by atoms with Gasteiger partial charge in [-0.2, -0.15) is 0 Å². The summed E-state index contributed by atoms with van der Waals surface area (Å²) >= 11 is 0. The highest BCUT2D eigenvalue weighted by Crippen LogP contribution is 2.06. The zero-order valence-electron chi connectivity index (χ0n) is 11.5. The first-order chi connectivity index (χ1) is 8.16.